The third-order valence-electron chi connectivity index (χ3n) is 3.53. The first-order valence-electron chi connectivity index (χ1n) is 7.22. The maximum atomic E-state index is 12.3. The number of rotatable bonds is 6. The van der Waals surface area contributed by atoms with Crippen molar-refractivity contribution in [3.8, 4) is 0 Å². The van der Waals surface area contributed by atoms with Crippen LogP contribution in [0.2, 0.25) is 0 Å². The molecule has 0 spiro atoms. The van der Waals surface area contributed by atoms with E-state index in [0.717, 1.165) is 51.0 Å². The molecule has 2 rings (SSSR count). The summed E-state index contributed by atoms with van der Waals surface area (Å²) in [5.74, 6) is 0.253. The van der Waals surface area contributed by atoms with Crippen molar-refractivity contribution in [1.82, 2.24) is 20.0 Å². The number of hydrogen-bond acceptors (Lipinski definition) is 3. The molecule has 106 valence electrons. The van der Waals surface area contributed by atoms with Gasteiger partial charge in [-0.3, -0.25) is 9.48 Å². The first-order valence-corrected chi connectivity index (χ1v) is 7.22. The Hall–Kier alpha value is -1.36. The highest BCUT2D eigenvalue weighted by Gasteiger charge is 2.27. The van der Waals surface area contributed by atoms with Crippen LogP contribution in [0.15, 0.2) is 12.4 Å². The molecule has 1 atom stereocenters. The molecule has 1 fully saturated rings. The van der Waals surface area contributed by atoms with Crippen molar-refractivity contribution in [2.24, 2.45) is 0 Å². The zero-order valence-electron chi connectivity index (χ0n) is 11.9. The van der Waals surface area contributed by atoms with Crippen molar-refractivity contribution >= 4 is 5.91 Å². The van der Waals surface area contributed by atoms with Gasteiger partial charge in [0.2, 0.25) is 5.91 Å². The van der Waals surface area contributed by atoms with E-state index in [2.05, 4.69) is 17.3 Å². The molecule has 1 aliphatic heterocycles. The van der Waals surface area contributed by atoms with E-state index in [9.17, 15) is 4.79 Å². The second-order valence-electron chi connectivity index (χ2n) is 5.25. The molecule has 1 aromatic heterocycles. The summed E-state index contributed by atoms with van der Waals surface area (Å²) in [4.78, 5) is 14.3. The molecule has 0 aromatic carbocycles. The van der Waals surface area contributed by atoms with Gasteiger partial charge in [-0.05, 0) is 38.3 Å². The number of amides is 1. The fourth-order valence-electron chi connectivity index (χ4n) is 2.48. The number of nitrogens with zero attached hydrogens (tertiary/aromatic N) is 3. The quantitative estimate of drug-likeness (QED) is 0.839. The predicted octanol–water partition coefficient (Wildman–Crippen LogP) is 1.18. The van der Waals surface area contributed by atoms with E-state index in [1.165, 1.54) is 0 Å². The fraction of sp³-hybridized carbons (Fsp3) is 0.714. The van der Waals surface area contributed by atoms with E-state index in [-0.39, 0.29) is 11.9 Å². The number of aromatic nitrogens is 2. The topological polar surface area (TPSA) is 50.2 Å². The molecule has 0 radical (unpaired) electrons. The predicted molar refractivity (Wildman–Crippen MR) is 74.9 cm³/mol. The normalized spacial score (nSPS) is 20.0. The average Bonchev–Trinajstić information content (AvgIpc) is 2.82. The van der Waals surface area contributed by atoms with E-state index in [1.54, 1.807) is 0 Å². The number of carbonyl (C=O) groups excluding carboxylic acids is 1. The first kappa shape index (κ1) is 14.1. The zero-order chi connectivity index (χ0) is 13.7. The van der Waals surface area contributed by atoms with Crippen LogP contribution in [0.3, 0.4) is 0 Å². The van der Waals surface area contributed by atoms with Gasteiger partial charge in [0.25, 0.3) is 0 Å². The van der Waals surface area contributed by atoms with Gasteiger partial charge < -0.3 is 10.2 Å². The molecule has 1 saturated heterocycles. The second kappa shape index (κ2) is 6.70. The number of piperidine rings is 1. The summed E-state index contributed by atoms with van der Waals surface area (Å²) >= 11 is 0. The molecule has 19 heavy (non-hydrogen) atoms. The van der Waals surface area contributed by atoms with Crippen LogP contribution in [-0.4, -0.2) is 46.3 Å². The summed E-state index contributed by atoms with van der Waals surface area (Å²) in [6, 6.07) is 0.0213. The number of aryl methyl sites for hydroxylation is 1. The standard InChI is InChI=1S/C14H24N4O/c1-3-6-15-13-5-4-7-17(14(13)19)8-9-18-11-12(2)10-16-18/h10-11,13,15H,3-9H2,1-2H3. The number of hydrogen-bond donors (Lipinski definition) is 1. The Labute approximate surface area is 115 Å². The molecule has 5 heteroatoms. The molecule has 0 bridgehead atoms. The molecule has 2 heterocycles. The van der Waals surface area contributed by atoms with E-state index in [4.69, 9.17) is 0 Å². The van der Waals surface area contributed by atoms with Crippen LogP contribution in [0.4, 0.5) is 0 Å². The Morgan fingerprint density at radius 1 is 1.47 bits per heavy atom. The maximum Gasteiger partial charge on any atom is 0.239 e. The smallest absolute Gasteiger partial charge is 0.239 e. The largest absolute Gasteiger partial charge is 0.339 e. The SMILES string of the molecule is CCCNC1CCCN(CCn2cc(C)cn2)C1=O. The summed E-state index contributed by atoms with van der Waals surface area (Å²) in [5, 5.41) is 7.60. The number of nitrogens with one attached hydrogen (secondary N) is 1. The minimum atomic E-state index is 0.0213. The molecule has 1 aromatic rings. The van der Waals surface area contributed by atoms with Gasteiger partial charge in [-0.15, -0.1) is 0 Å². The van der Waals surface area contributed by atoms with Crippen LogP contribution in [0, 0.1) is 6.92 Å². The van der Waals surface area contributed by atoms with Gasteiger partial charge >= 0.3 is 0 Å². The molecule has 5 nitrogen and oxygen atoms in total. The van der Waals surface area contributed by atoms with Gasteiger partial charge in [-0.1, -0.05) is 6.92 Å². The minimum Gasteiger partial charge on any atom is -0.339 e. The van der Waals surface area contributed by atoms with E-state index in [1.807, 2.05) is 28.9 Å². The van der Waals surface area contributed by atoms with Crippen LogP contribution in [0.1, 0.15) is 31.7 Å². The van der Waals surface area contributed by atoms with Crippen molar-refractivity contribution < 1.29 is 4.79 Å². The highest BCUT2D eigenvalue weighted by Crippen LogP contribution is 2.12. The third kappa shape index (κ3) is 3.80. The lowest BCUT2D eigenvalue weighted by molar-refractivity contribution is -0.136. The van der Waals surface area contributed by atoms with E-state index in [0.29, 0.717) is 0 Å². The number of carbonyl (C=O) groups is 1. The second-order valence-corrected chi connectivity index (χ2v) is 5.25. The lowest BCUT2D eigenvalue weighted by Crippen LogP contribution is -2.51. The lowest BCUT2D eigenvalue weighted by Gasteiger charge is -2.32. The van der Waals surface area contributed by atoms with Crippen LogP contribution in [-0.2, 0) is 11.3 Å². The fourth-order valence-corrected chi connectivity index (χ4v) is 2.48. The number of likely N-dealkylation sites (tertiary alicyclic amines) is 1. The van der Waals surface area contributed by atoms with Gasteiger partial charge in [-0.25, -0.2) is 0 Å². The Kier molecular flexibility index (Phi) is 4.96. The monoisotopic (exact) mass is 264 g/mol. The summed E-state index contributed by atoms with van der Waals surface area (Å²) in [5.41, 5.74) is 1.16. The van der Waals surface area contributed by atoms with Crippen LogP contribution >= 0.6 is 0 Å². The highest BCUT2D eigenvalue weighted by molar-refractivity contribution is 5.82. The van der Waals surface area contributed by atoms with Gasteiger partial charge in [0.05, 0.1) is 18.8 Å². The van der Waals surface area contributed by atoms with Crippen molar-refractivity contribution in [3.63, 3.8) is 0 Å². The first-order chi connectivity index (χ1) is 9.20. The Morgan fingerprint density at radius 2 is 2.32 bits per heavy atom. The maximum absolute atomic E-state index is 12.3. The van der Waals surface area contributed by atoms with Gasteiger partial charge in [-0.2, -0.15) is 5.10 Å². The van der Waals surface area contributed by atoms with Crippen molar-refractivity contribution in [1.29, 1.82) is 0 Å². The van der Waals surface area contributed by atoms with Crippen molar-refractivity contribution in [2.75, 3.05) is 19.6 Å². The molecule has 1 aliphatic rings. The molecule has 1 unspecified atom stereocenters. The minimum absolute atomic E-state index is 0.0213. The highest BCUT2D eigenvalue weighted by atomic mass is 16.2. The Morgan fingerprint density at radius 3 is 3.00 bits per heavy atom. The summed E-state index contributed by atoms with van der Waals surface area (Å²) in [6.45, 7) is 7.48. The molecule has 1 N–H and O–H groups in total. The van der Waals surface area contributed by atoms with Crippen molar-refractivity contribution in [2.45, 2.75) is 45.7 Å². The molecule has 0 saturated carbocycles. The Balaban J connectivity index is 1.83. The van der Waals surface area contributed by atoms with Gasteiger partial charge in [0.1, 0.15) is 0 Å². The van der Waals surface area contributed by atoms with Crippen LogP contribution in [0.25, 0.3) is 0 Å². The summed E-state index contributed by atoms with van der Waals surface area (Å²) in [7, 11) is 0. The molecular weight excluding hydrogens is 240 g/mol. The van der Waals surface area contributed by atoms with E-state index >= 15 is 0 Å². The van der Waals surface area contributed by atoms with Crippen molar-refractivity contribution in [3.05, 3.63) is 18.0 Å². The van der Waals surface area contributed by atoms with Gasteiger partial charge in [0, 0.05) is 19.3 Å². The summed E-state index contributed by atoms with van der Waals surface area (Å²) < 4.78 is 1.91. The van der Waals surface area contributed by atoms with E-state index < -0.39 is 0 Å². The Bertz CT molecular complexity index is 415. The zero-order valence-corrected chi connectivity index (χ0v) is 11.9. The van der Waals surface area contributed by atoms with Crippen LogP contribution in [0.5, 0.6) is 0 Å². The third-order valence-corrected chi connectivity index (χ3v) is 3.53. The molecule has 1 amide bonds. The lowest BCUT2D eigenvalue weighted by atomic mass is 10.0. The summed E-state index contributed by atoms with van der Waals surface area (Å²) in [6.07, 6.45) is 6.99. The van der Waals surface area contributed by atoms with Gasteiger partial charge in [0.15, 0.2) is 0 Å². The average molecular weight is 264 g/mol. The molecular formula is C14H24N4O. The van der Waals surface area contributed by atoms with Crippen LogP contribution < -0.4 is 5.32 Å². The molecule has 0 aliphatic carbocycles.